The van der Waals surface area contributed by atoms with Crippen LogP contribution in [0.3, 0.4) is 0 Å². The highest BCUT2D eigenvalue weighted by molar-refractivity contribution is 7.98. The molecule has 65 heavy (non-hydrogen) atoms. The SMILES string of the molecule is CSCC[C@H](NC(=O)OC(C)(C)C)C(=O)NCCC[C@@H](NC(=O)[C@H](Cc1ccc(OC(=O)OC(C)(C)C)cc1)NC(=O)OC(C)(C)C)C(=O)NCC(=O)N[C@@H](Cc1ccccc1)C(=O)O. The topological polar surface area (TPSA) is 266 Å². The first-order valence-corrected chi connectivity index (χ1v) is 22.5. The number of hydrogen-bond acceptors (Lipinski definition) is 13. The molecule has 0 aliphatic carbocycles. The van der Waals surface area contributed by atoms with Crippen LogP contribution in [0.2, 0.25) is 0 Å². The monoisotopic (exact) mass is 930 g/mol. The van der Waals surface area contributed by atoms with E-state index in [0.29, 0.717) is 23.3 Å². The van der Waals surface area contributed by atoms with Crippen LogP contribution in [0.15, 0.2) is 54.6 Å². The molecule has 0 saturated carbocycles. The fraction of sp³-hybridized carbons (Fsp3) is 0.556. The van der Waals surface area contributed by atoms with Crippen molar-refractivity contribution in [2.24, 2.45) is 0 Å². The summed E-state index contributed by atoms with van der Waals surface area (Å²) in [6.45, 7) is 14.4. The lowest BCUT2D eigenvalue weighted by atomic mass is 10.0. The van der Waals surface area contributed by atoms with Gasteiger partial charge in [0.25, 0.3) is 0 Å². The Labute approximate surface area is 384 Å². The van der Waals surface area contributed by atoms with Crippen LogP contribution >= 0.6 is 11.8 Å². The van der Waals surface area contributed by atoms with Crippen LogP contribution in [0.4, 0.5) is 14.4 Å². The van der Waals surface area contributed by atoms with E-state index in [-0.39, 0.29) is 38.0 Å². The van der Waals surface area contributed by atoms with Gasteiger partial charge in [-0.2, -0.15) is 11.8 Å². The number of nitrogens with one attached hydrogen (secondary N) is 6. The van der Waals surface area contributed by atoms with Crippen molar-refractivity contribution in [2.75, 3.05) is 25.1 Å². The quantitative estimate of drug-likeness (QED) is 0.0374. The summed E-state index contributed by atoms with van der Waals surface area (Å²) in [6, 6.07) is 9.82. The van der Waals surface area contributed by atoms with Gasteiger partial charge < -0.3 is 56.0 Å². The number of carbonyl (C=O) groups excluding carboxylic acids is 7. The van der Waals surface area contributed by atoms with Gasteiger partial charge in [-0.1, -0.05) is 42.5 Å². The number of ether oxygens (including phenoxy) is 4. The van der Waals surface area contributed by atoms with Gasteiger partial charge in [-0.05, 0) is 117 Å². The normalized spacial score (nSPS) is 13.3. The van der Waals surface area contributed by atoms with E-state index in [9.17, 15) is 43.5 Å². The van der Waals surface area contributed by atoms with Crippen molar-refractivity contribution in [2.45, 2.75) is 135 Å². The maximum Gasteiger partial charge on any atom is 0.514 e. The van der Waals surface area contributed by atoms with Crippen molar-refractivity contribution >= 4 is 59.7 Å². The summed E-state index contributed by atoms with van der Waals surface area (Å²) in [5.74, 6) is -3.52. The maximum absolute atomic E-state index is 14.1. The van der Waals surface area contributed by atoms with E-state index in [1.165, 1.54) is 23.9 Å². The van der Waals surface area contributed by atoms with E-state index in [0.717, 1.165) is 0 Å². The highest BCUT2D eigenvalue weighted by atomic mass is 32.2. The molecule has 19 nitrogen and oxygen atoms in total. The number of carbonyl (C=O) groups is 8. The molecule has 20 heteroatoms. The molecular weight excluding hydrogens is 865 g/mol. The zero-order valence-electron chi connectivity index (χ0n) is 38.9. The Bertz CT molecular complexity index is 1910. The number of alkyl carbamates (subject to hydrolysis) is 2. The van der Waals surface area contributed by atoms with Crippen LogP contribution in [0, 0.1) is 0 Å². The highest BCUT2D eigenvalue weighted by Crippen LogP contribution is 2.17. The number of aliphatic carboxylic acids is 1. The van der Waals surface area contributed by atoms with Crippen LogP contribution in [0.5, 0.6) is 5.75 Å². The fourth-order valence-electron chi connectivity index (χ4n) is 5.68. The van der Waals surface area contributed by atoms with E-state index in [1.54, 1.807) is 105 Å². The number of rotatable bonds is 22. The van der Waals surface area contributed by atoms with Crippen molar-refractivity contribution in [3.05, 3.63) is 65.7 Å². The van der Waals surface area contributed by atoms with Crippen LogP contribution in [0.25, 0.3) is 0 Å². The molecule has 4 atom stereocenters. The second kappa shape index (κ2) is 26.0. The summed E-state index contributed by atoms with van der Waals surface area (Å²) in [4.78, 5) is 104. The average Bonchev–Trinajstić information content (AvgIpc) is 3.17. The lowest BCUT2D eigenvalue weighted by Crippen LogP contribution is -2.56. The first-order valence-electron chi connectivity index (χ1n) is 21.1. The third kappa shape index (κ3) is 24.0. The minimum atomic E-state index is -1.34. The number of carboxylic acid groups (broad SMARTS) is 1. The molecule has 0 aliphatic heterocycles. The van der Waals surface area contributed by atoms with E-state index < -0.39 is 95.5 Å². The predicted molar refractivity (Wildman–Crippen MR) is 243 cm³/mol. The van der Waals surface area contributed by atoms with Crippen molar-refractivity contribution in [1.29, 1.82) is 0 Å². The Balaban J connectivity index is 2.31. The number of benzene rings is 2. The molecule has 2 aromatic rings. The number of amides is 6. The highest BCUT2D eigenvalue weighted by Gasteiger charge is 2.30. The Morgan fingerprint density at radius 3 is 1.63 bits per heavy atom. The van der Waals surface area contributed by atoms with Crippen LogP contribution in [-0.4, -0.2) is 119 Å². The van der Waals surface area contributed by atoms with Crippen molar-refractivity contribution in [1.82, 2.24) is 31.9 Å². The summed E-state index contributed by atoms with van der Waals surface area (Å²) in [6.07, 6.45) is -0.573. The zero-order valence-corrected chi connectivity index (χ0v) is 39.7. The molecule has 0 radical (unpaired) electrons. The molecule has 0 unspecified atom stereocenters. The Hall–Kier alpha value is -6.05. The van der Waals surface area contributed by atoms with E-state index >= 15 is 0 Å². The molecule has 0 spiro atoms. The summed E-state index contributed by atoms with van der Waals surface area (Å²) in [5.41, 5.74) is -1.34. The summed E-state index contributed by atoms with van der Waals surface area (Å²) in [5, 5.41) is 25.1. The predicted octanol–water partition coefficient (Wildman–Crippen LogP) is 4.39. The van der Waals surface area contributed by atoms with Crippen LogP contribution in [-0.2, 0) is 51.0 Å². The Morgan fingerprint density at radius 1 is 0.585 bits per heavy atom. The second-order valence-electron chi connectivity index (χ2n) is 18.0. The van der Waals surface area contributed by atoms with Crippen LogP contribution in [0.1, 0.15) is 92.7 Å². The fourth-order valence-corrected chi connectivity index (χ4v) is 6.15. The molecule has 2 rings (SSSR count). The smallest absolute Gasteiger partial charge is 0.480 e. The number of carboxylic acids is 1. The number of thioether (sulfide) groups is 1. The first-order chi connectivity index (χ1) is 30.2. The Kier molecular flexibility index (Phi) is 22.1. The van der Waals surface area contributed by atoms with Crippen molar-refractivity contribution < 1.29 is 62.4 Å². The third-order valence-corrected chi connectivity index (χ3v) is 9.16. The zero-order chi connectivity index (χ0) is 49.0. The van der Waals surface area contributed by atoms with Gasteiger partial charge in [0.2, 0.25) is 23.6 Å². The van der Waals surface area contributed by atoms with Gasteiger partial charge in [0.05, 0.1) is 6.54 Å². The third-order valence-electron chi connectivity index (χ3n) is 8.52. The van der Waals surface area contributed by atoms with Gasteiger partial charge in [-0.25, -0.2) is 19.2 Å². The van der Waals surface area contributed by atoms with Crippen LogP contribution < -0.4 is 36.6 Å². The summed E-state index contributed by atoms with van der Waals surface area (Å²) < 4.78 is 21.2. The lowest BCUT2D eigenvalue weighted by molar-refractivity contribution is -0.141. The van der Waals surface area contributed by atoms with E-state index in [4.69, 9.17) is 18.9 Å². The van der Waals surface area contributed by atoms with Gasteiger partial charge in [-0.3, -0.25) is 19.2 Å². The largest absolute Gasteiger partial charge is 0.514 e. The maximum atomic E-state index is 14.1. The average molecular weight is 931 g/mol. The minimum absolute atomic E-state index is 0.00180. The lowest BCUT2D eigenvalue weighted by Gasteiger charge is -2.26. The van der Waals surface area contributed by atoms with E-state index in [2.05, 4.69) is 31.9 Å². The van der Waals surface area contributed by atoms with Gasteiger partial charge in [0.15, 0.2) is 0 Å². The van der Waals surface area contributed by atoms with Crippen molar-refractivity contribution in [3.63, 3.8) is 0 Å². The van der Waals surface area contributed by atoms with Gasteiger partial charge in [0, 0.05) is 19.4 Å². The number of hydrogen-bond donors (Lipinski definition) is 7. The molecular formula is C45H66N6O13S. The standard InChI is InChI=1S/C45H66N6O13S/c1-43(2,3)62-40(58)50-32(22-24-65-10)36(53)46-23-14-17-31(37(54)47-27-35(52)48-34(39(56)57)26-28-15-12-11-13-16-28)49-38(55)33(51-41(59)63-44(4,5)6)25-29-18-20-30(21-19-29)61-42(60)64-45(7,8)9/h11-13,15-16,18-21,31-34H,14,17,22-27H2,1-10H3,(H,46,53)(H,47,54)(H,48,52)(H,49,55)(H,50,58)(H,51,59)(H,56,57)/t31-,32+,33+,34+/m1/s1. The molecule has 6 amide bonds. The molecule has 7 N–H and O–H groups in total. The van der Waals surface area contributed by atoms with Gasteiger partial charge >= 0.3 is 24.3 Å². The second-order valence-corrected chi connectivity index (χ2v) is 18.9. The van der Waals surface area contributed by atoms with Gasteiger partial charge in [0.1, 0.15) is 46.7 Å². The van der Waals surface area contributed by atoms with Crippen molar-refractivity contribution in [3.8, 4) is 5.75 Å². The summed E-state index contributed by atoms with van der Waals surface area (Å²) in [7, 11) is 0. The first kappa shape index (κ1) is 55.1. The molecule has 0 aromatic heterocycles. The van der Waals surface area contributed by atoms with Gasteiger partial charge in [-0.15, -0.1) is 0 Å². The molecule has 0 aliphatic rings. The molecule has 360 valence electrons. The molecule has 0 saturated heterocycles. The molecule has 0 fully saturated rings. The molecule has 0 bridgehead atoms. The minimum Gasteiger partial charge on any atom is -0.480 e. The summed E-state index contributed by atoms with van der Waals surface area (Å²) >= 11 is 1.48. The Morgan fingerprint density at radius 2 is 1.09 bits per heavy atom. The molecule has 2 aromatic carbocycles. The van der Waals surface area contributed by atoms with E-state index in [1.807, 2.05) is 6.26 Å². The molecule has 0 heterocycles.